The molecule has 1 aliphatic carbocycles. The maximum Gasteiger partial charge on any atom is 0.330 e. The zero-order valence-electron chi connectivity index (χ0n) is 14.4. The van der Waals surface area contributed by atoms with Crippen LogP contribution in [0.15, 0.2) is 15.8 Å². The van der Waals surface area contributed by atoms with Crippen LogP contribution in [0.1, 0.15) is 50.3 Å². The molecule has 0 spiro atoms. The minimum absolute atomic E-state index is 0.102. The van der Waals surface area contributed by atoms with Gasteiger partial charge in [0.25, 0.3) is 5.56 Å². The molecule has 1 aromatic heterocycles. The van der Waals surface area contributed by atoms with Crippen LogP contribution in [0.2, 0.25) is 0 Å². The number of aromatic nitrogens is 2. The van der Waals surface area contributed by atoms with Crippen LogP contribution in [0, 0.1) is 29.6 Å². The van der Waals surface area contributed by atoms with Crippen molar-refractivity contribution < 1.29 is 14.9 Å². The Morgan fingerprint density at radius 1 is 1.27 bits per heavy atom. The molecule has 0 radical (unpaired) electrons. The zero-order valence-corrected chi connectivity index (χ0v) is 14.4. The molecule has 3 atom stereocenters. The monoisotopic (exact) mass is 358 g/mol. The first-order valence-corrected chi connectivity index (χ1v) is 8.87. The molecule has 7 heteroatoms. The molecule has 2 fully saturated rings. The highest BCUT2D eigenvalue weighted by Crippen LogP contribution is 2.27. The van der Waals surface area contributed by atoms with Gasteiger partial charge in [-0.05, 0) is 36.5 Å². The lowest BCUT2D eigenvalue weighted by Gasteiger charge is -2.14. The molecule has 1 aromatic rings. The average molecular weight is 358 g/mol. The number of nitrogens with one attached hydrogen (secondary N) is 1. The van der Waals surface area contributed by atoms with Crippen LogP contribution in [0.4, 0.5) is 0 Å². The molecule has 0 bridgehead atoms. The van der Waals surface area contributed by atoms with Crippen LogP contribution >= 0.6 is 0 Å². The van der Waals surface area contributed by atoms with Crippen molar-refractivity contribution in [3.8, 4) is 23.7 Å². The van der Waals surface area contributed by atoms with E-state index in [1.54, 1.807) is 0 Å². The first kappa shape index (κ1) is 18.5. The van der Waals surface area contributed by atoms with Crippen molar-refractivity contribution >= 4 is 0 Å². The summed E-state index contributed by atoms with van der Waals surface area (Å²) >= 11 is 0. The Morgan fingerprint density at radius 3 is 2.73 bits per heavy atom. The highest BCUT2D eigenvalue weighted by molar-refractivity contribution is 5.37. The Morgan fingerprint density at radius 2 is 2.04 bits per heavy atom. The fourth-order valence-electron chi connectivity index (χ4n) is 3.39. The van der Waals surface area contributed by atoms with Crippen molar-refractivity contribution in [2.45, 2.75) is 57.0 Å². The SMILES string of the molecule is O=c1[nH]c(=O)n([C@H]2C[C@H](O)[C@@H](CO)O2)cc1C#CC#CCC1CCCC1. The van der Waals surface area contributed by atoms with E-state index in [1.165, 1.54) is 36.4 Å². The third-order valence-corrected chi connectivity index (χ3v) is 4.88. The van der Waals surface area contributed by atoms with Gasteiger partial charge in [-0.3, -0.25) is 14.3 Å². The Hall–Kier alpha value is -2.32. The van der Waals surface area contributed by atoms with E-state index in [4.69, 9.17) is 9.84 Å². The number of aliphatic hydroxyl groups excluding tert-OH is 2. The van der Waals surface area contributed by atoms with Crippen molar-refractivity contribution in [1.29, 1.82) is 0 Å². The number of H-pyrrole nitrogens is 1. The van der Waals surface area contributed by atoms with Crippen molar-refractivity contribution in [3.63, 3.8) is 0 Å². The molecular formula is C19H22N2O5. The second-order valence-electron chi connectivity index (χ2n) is 6.73. The van der Waals surface area contributed by atoms with E-state index in [2.05, 4.69) is 28.7 Å². The average Bonchev–Trinajstić information content (AvgIpc) is 3.25. The molecule has 7 nitrogen and oxygen atoms in total. The summed E-state index contributed by atoms with van der Waals surface area (Å²) in [5.74, 6) is 11.8. The number of hydrogen-bond donors (Lipinski definition) is 3. The summed E-state index contributed by atoms with van der Waals surface area (Å²) in [6, 6.07) is 0. The first-order valence-electron chi connectivity index (χ1n) is 8.87. The van der Waals surface area contributed by atoms with Gasteiger partial charge in [0.05, 0.1) is 12.7 Å². The number of aromatic amines is 1. The zero-order chi connectivity index (χ0) is 18.5. The molecule has 0 amide bonds. The van der Waals surface area contributed by atoms with Gasteiger partial charge in [0.2, 0.25) is 0 Å². The topological polar surface area (TPSA) is 105 Å². The Bertz CT molecular complexity index is 873. The van der Waals surface area contributed by atoms with Gasteiger partial charge < -0.3 is 14.9 Å². The largest absolute Gasteiger partial charge is 0.394 e. The van der Waals surface area contributed by atoms with E-state index in [-0.39, 0.29) is 18.6 Å². The van der Waals surface area contributed by atoms with E-state index in [0.717, 1.165) is 6.42 Å². The van der Waals surface area contributed by atoms with Gasteiger partial charge >= 0.3 is 5.69 Å². The third-order valence-electron chi connectivity index (χ3n) is 4.88. The van der Waals surface area contributed by atoms with E-state index in [1.807, 2.05) is 0 Å². The summed E-state index contributed by atoms with van der Waals surface area (Å²) < 4.78 is 6.63. The minimum atomic E-state index is -0.875. The molecule has 1 saturated heterocycles. The molecule has 3 rings (SSSR count). The van der Waals surface area contributed by atoms with Crippen LogP contribution in [0.5, 0.6) is 0 Å². The van der Waals surface area contributed by atoms with E-state index < -0.39 is 29.7 Å². The Labute approximate surface area is 151 Å². The van der Waals surface area contributed by atoms with E-state index in [0.29, 0.717) is 5.92 Å². The van der Waals surface area contributed by atoms with Crippen molar-refractivity contribution in [3.05, 3.63) is 32.6 Å². The third kappa shape index (κ3) is 4.25. The lowest BCUT2D eigenvalue weighted by molar-refractivity contribution is -0.0459. The summed E-state index contributed by atoms with van der Waals surface area (Å²) in [7, 11) is 0. The highest BCUT2D eigenvalue weighted by Gasteiger charge is 2.35. The van der Waals surface area contributed by atoms with Gasteiger partial charge in [-0.15, -0.1) is 0 Å². The summed E-state index contributed by atoms with van der Waals surface area (Å²) in [4.78, 5) is 26.1. The summed E-state index contributed by atoms with van der Waals surface area (Å²) in [6.07, 6.45) is 4.85. The molecule has 26 heavy (non-hydrogen) atoms. The van der Waals surface area contributed by atoms with Crippen molar-refractivity contribution in [1.82, 2.24) is 9.55 Å². The van der Waals surface area contributed by atoms with E-state index in [9.17, 15) is 14.7 Å². The molecule has 1 aliphatic heterocycles. The van der Waals surface area contributed by atoms with Crippen LogP contribution in [-0.4, -0.2) is 38.6 Å². The fraction of sp³-hybridized carbons (Fsp3) is 0.579. The maximum atomic E-state index is 12.0. The molecule has 1 saturated carbocycles. The lowest BCUT2D eigenvalue weighted by Crippen LogP contribution is -2.33. The highest BCUT2D eigenvalue weighted by atomic mass is 16.5. The number of ether oxygens (including phenoxy) is 1. The summed E-state index contributed by atoms with van der Waals surface area (Å²) in [5, 5.41) is 19.0. The van der Waals surface area contributed by atoms with Crippen molar-refractivity contribution in [2.75, 3.05) is 6.61 Å². The van der Waals surface area contributed by atoms with Gasteiger partial charge in [0.15, 0.2) is 0 Å². The molecular weight excluding hydrogens is 336 g/mol. The fourth-order valence-corrected chi connectivity index (χ4v) is 3.39. The predicted octanol–water partition coefficient (Wildman–Crippen LogP) is 0.112. The summed E-state index contributed by atoms with van der Waals surface area (Å²) in [6.45, 7) is -0.348. The second kappa shape index (κ2) is 8.37. The van der Waals surface area contributed by atoms with Crippen LogP contribution in [0.3, 0.4) is 0 Å². The molecule has 2 aliphatic rings. The maximum absolute atomic E-state index is 12.0. The standard InChI is InChI=1S/C19H22N2O5/c22-12-16-15(23)10-17(26-16)21-11-14(18(24)20-19(21)25)9-3-1-2-6-13-7-4-5-8-13/h11,13,15-17,22-23H,4-8,10,12H2,(H,20,24,25)/t15-,16+,17+/m0/s1. The number of nitrogens with zero attached hydrogens (tertiary/aromatic N) is 1. The Kier molecular flexibility index (Phi) is 5.95. The van der Waals surface area contributed by atoms with Gasteiger partial charge in [-0.1, -0.05) is 18.8 Å². The first-order chi connectivity index (χ1) is 12.6. The van der Waals surface area contributed by atoms with Crippen LogP contribution in [0.25, 0.3) is 0 Å². The Balaban J connectivity index is 1.75. The number of rotatable bonds is 3. The van der Waals surface area contributed by atoms with Gasteiger partial charge in [-0.25, -0.2) is 4.79 Å². The lowest BCUT2D eigenvalue weighted by atomic mass is 10.1. The quantitative estimate of drug-likeness (QED) is 0.666. The molecule has 0 unspecified atom stereocenters. The van der Waals surface area contributed by atoms with Gasteiger partial charge in [-0.2, -0.15) is 0 Å². The second-order valence-corrected chi connectivity index (χ2v) is 6.73. The molecule has 0 aromatic carbocycles. The normalized spacial score (nSPS) is 25.4. The van der Waals surface area contributed by atoms with Gasteiger partial charge in [0.1, 0.15) is 17.9 Å². The molecule has 2 heterocycles. The van der Waals surface area contributed by atoms with Crippen LogP contribution < -0.4 is 11.2 Å². The van der Waals surface area contributed by atoms with E-state index >= 15 is 0 Å². The molecule has 138 valence electrons. The molecule has 3 N–H and O–H groups in total. The predicted molar refractivity (Wildman–Crippen MR) is 94.2 cm³/mol. The number of hydrogen-bond acceptors (Lipinski definition) is 5. The van der Waals surface area contributed by atoms with Crippen LogP contribution in [-0.2, 0) is 4.74 Å². The summed E-state index contributed by atoms with van der Waals surface area (Å²) in [5.41, 5.74) is -1.14. The number of aliphatic hydroxyl groups is 2. The minimum Gasteiger partial charge on any atom is -0.394 e. The van der Waals surface area contributed by atoms with Gasteiger partial charge in [0, 0.05) is 19.0 Å². The van der Waals surface area contributed by atoms with Crippen molar-refractivity contribution in [2.24, 2.45) is 5.92 Å². The smallest absolute Gasteiger partial charge is 0.330 e.